The highest BCUT2D eigenvalue weighted by Crippen LogP contribution is 2.24. The Morgan fingerprint density at radius 1 is 1.41 bits per heavy atom. The number of primary sulfonamides is 1. The average molecular weight is 257 g/mol. The smallest absolute Gasteiger partial charge is 0.338 e. The molecule has 0 aromatic heterocycles. The Hall–Kier alpha value is -1.40. The van der Waals surface area contributed by atoms with Crippen LogP contribution in [0.1, 0.15) is 28.4 Å². The number of nitrogens with two attached hydrogens (primary N) is 1. The van der Waals surface area contributed by atoms with Crippen LogP contribution in [0.15, 0.2) is 17.0 Å². The summed E-state index contributed by atoms with van der Waals surface area (Å²) in [6, 6.07) is 3.10. The summed E-state index contributed by atoms with van der Waals surface area (Å²) in [4.78, 5) is 11.5. The minimum absolute atomic E-state index is 0.0166. The number of aryl methyl sites for hydroxylation is 1. The zero-order chi connectivity index (χ0) is 13.2. The zero-order valence-corrected chi connectivity index (χ0v) is 10.8. The van der Waals surface area contributed by atoms with Gasteiger partial charge in [-0.05, 0) is 30.5 Å². The number of ether oxygens (including phenoxy) is 1. The number of sulfonamides is 1. The maximum Gasteiger partial charge on any atom is 0.338 e. The normalized spacial score (nSPS) is 11.3. The minimum Gasteiger partial charge on any atom is -0.465 e. The summed E-state index contributed by atoms with van der Waals surface area (Å²) in [5, 5.41) is 5.16. The molecule has 2 N–H and O–H groups in total. The van der Waals surface area contributed by atoms with E-state index in [4.69, 9.17) is 5.14 Å². The monoisotopic (exact) mass is 257 g/mol. The molecule has 0 spiro atoms. The van der Waals surface area contributed by atoms with Crippen LogP contribution in [0.2, 0.25) is 0 Å². The number of benzene rings is 1. The van der Waals surface area contributed by atoms with E-state index in [9.17, 15) is 13.2 Å². The number of carbonyl (C=O) groups excluding carboxylic acids is 1. The second-order valence-electron chi connectivity index (χ2n) is 3.63. The molecule has 0 heterocycles. The van der Waals surface area contributed by atoms with Crippen LogP contribution in [-0.4, -0.2) is 21.5 Å². The molecule has 0 aliphatic carbocycles. The van der Waals surface area contributed by atoms with E-state index in [-0.39, 0.29) is 10.5 Å². The van der Waals surface area contributed by atoms with Crippen molar-refractivity contribution in [1.29, 1.82) is 0 Å². The van der Waals surface area contributed by atoms with Gasteiger partial charge in [0.05, 0.1) is 17.6 Å². The Balaban J connectivity index is 3.65. The van der Waals surface area contributed by atoms with Gasteiger partial charge in [-0.3, -0.25) is 0 Å². The van der Waals surface area contributed by atoms with Gasteiger partial charge in [0, 0.05) is 0 Å². The molecule has 0 aliphatic heterocycles. The number of carbonyl (C=O) groups is 1. The third kappa shape index (κ3) is 2.65. The van der Waals surface area contributed by atoms with Crippen LogP contribution in [0, 0.1) is 6.92 Å². The SMILES string of the molecule is CCc1c(C(=O)OC)ccc(C)c1S(N)(=O)=O. The van der Waals surface area contributed by atoms with Gasteiger partial charge < -0.3 is 4.74 Å². The van der Waals surface area contributed by atoms with Gasteiger partial charge in [-0.2, -0.15) is 0 Å². The first-order chi connectivity index (χ1) is 7.82. The molecule has 0 amide bonds. The lowest BCUT2D eigenvalue weighted by atomic mass is 10.0. The third-order valence-corrected chi connectivity index (χ3v) is 3.64. The van der Waals surface area contributed by atoms with Crippen molar-refractivity contribution in [3.8, 4) is 0 Å². The fourth-order valence-corrected chi connectivity index (χ4v) is 2.91. The fraction of sp³-hybridized carbons (Fsp3) is 0.364. The molecule has 1 aromatic carbocycles. The van der Waals surface area contributed by atoms with Crippen LogP contribution >= 0.6 is 0 Å². The van der Waals surface area contributed by atoms with Crippen LogP contribution in [0.25, 0.3) is 0 Å². The Kier molecular flexibility index (Phi) is 3.90. The summed E-state index contributed by atoms with van der Waals surface area (Å²) in [6.07, 6.45) is 0.387. The van der Waals surface area contributed by atoms with Gasteiger partial charge >= 0.3 is 5.97 Å². The van der Waals surface area contributed by atoms with E-state index < -0.39 is 16.0 Å². The first-order valence-electron chi connectivity index (χ1n) is 5.06. The van der Waals surface area contributed by atoms with E-state index in [0.29, 0.717) is 17.5 Å². The van der Waals surface area contributed by atoms with Crippen molar-refractivity contribution >= 4 is 16.0 Å². The van der Waals surface area contributed by atoms with Crippen molar-refractivity contribution in [3.05, 3.63) is 28.8 Å². The standard InChI is InChI=1S/C11H15NO4S/c1-4-8-9(11(13)16-3)6-5-7(2)10(8)17(12,14)15/h5-6H,4H2,1-3H3,(H2,12,14,15). The summed E-state index contributed by atoms with van der Waals surface area (Å²) in [6.45, 7) is 3.40. The van der Waals surface area contributed by atoms with Crippen molar-refractivity contribution in [3.63, 3.8) is 0 Å². The molecular formula is C11H15NO4S. The van der Waals surface area contributed by atoms with Crippen LogP contribution in [0.4, 0.5) is 0 Å². The summed E-state index contributed by atoms with van der Waals surface area (Å²) < 4.78 is 27.7. The second kappa shape index (κ2) is 4.85. The van der Waals surface area contributed by atoms with Crippen LogP contribution < -0.4 is 5.14 Å². The maximum atomic E-state index is 11.5. The van der Waals surface area contributed by atoms with Gasteiger partial charge in [-0.15, -0.1) is 0 Å². The number of hydrogen-bond donors (Lipinski definition) is 1. The Labute approximate surface area is 101 Å². The maximum absolute atomic E-state index is 11.5. The van der Waals surface area contributed by atoms with E-state index in [1.807, 2.05) is 0 Å². The molecule has 5 nitrogen and oxygen atoms in total. The molecule has 94 valence electrons. The summed E-state index contributed by atoms with van der Waals surface area (Å²) >= 11 is 0. The van der Waals surface area contributed by atoms with Crippen molar-refractivity contribution in [2.45, 2.75) is 25.2 Å². The van der Waals surface area contributed by atoms with Crippen molar-refractivity contribution < 1.29 is 17.9 Å². The van der Waals surface area contributed by atoms with E-state index in [1.54, 1.807) is 26.0 Å². The van der Waals surface area contributed by atoms with Crippen LogP contribution in [0.5, 0.6) is 0 Å². The van der Waals surface area contributed by atoms with E-state index in [0.717, 1.165) is 0 Å². The molecular weight excluding hydrogens is 242 g/mol. The number of esters is 1. The highest BCUT2D eigenvalue weighted by Gasteiger charge is 2.22. The molecule has 0 saturated heterocycles. The summed E-state index contributed by atoms with van der Waals surface area (Å²) in [7, 11) is -2.60. The van der Waals surface area contributed by atoms with E-state index in [1.165, 1.54) is 7.11 Å². The molecule has 17 heavy (non-hydrogen) atoms. The molecule has 1 rings (SSSR count). The topological polar surface area (TPSA) is 86.5 Å². The molecule has 0 fully saturated rings. The van der Waals surface area contributed by atoms with Crippen molar-refractivity contribution in [1.82, 2.24) is 0 Å². The Morgan fingerprint density at radius 3 is 2.41 bits per heavy atom. The predicted molar refractivity (Wildman–Crippen MR) is 63.3 cm³/mol. The van der Waals surface area contributed by atoms with Gasteiger partial charge in [0.25, 0.3) is 0 Å². The van der Waals surface area contributed by atoms with Crippen molar-refractivity contribution in [2.75, 3.05) is 7.11 Å². The van der Waals surface area contributed by atoms with Gasteiger partial charge in [0.1, 0.15) is 0 Å². The zero-order valence-electron chi connectivity index (χ0n) is 9.98. The number of methoxy groups -OCH3 is 1. The molecule has 0 aliphatic rings. The minimum atomic E-state index is -3.85. The van der Waals surface area contributed by atoms with Gasteiger partial charge in [-0.1, -0.05) is 13.0 Å². The summed E-state index contributed by atoms with van der Waals surface area (Å²) in [5.41, 5.74) is 1.17. The van der Waals surface area contributed by atoms with E-state index >= 15 is 0 Å². The van der Waals surface area contributed by atoms with Gasteiger partial charge in [0.15, 0.2) is 0 Å². The Bertz CT molecular complexity index is 549. The average Bonchev–Trinajstić information content (AvgIpc) is 2.25. The first kappa shape index (κ1) is 13.7. The predicted octanol–water partition coefficient (Wildman–Crippen LogP) is 0.991. The van der Waals surface area contributed by atoms with Crippen molar-refractivity contribution in [2.24, 2.45) is 5.14 Å². The largest absolute Gasteiger partial charge is 0.465 e. The molecule has 6 heteroatoms. The third-order valence-electron chi connectivity index (χ3n) is 2.50. The van der Waals surface area contributed by atoms with Gasteiger partial charge in [-0.25, -0.2) is 18.4 Å². The molecule has 1 aromatic rings. The Morgan fingerprint density at radius 2 is 2.00 bits per heavy atom. The lowest BCUT2D eigenvalue weighted by Crippen LogP contribution is -2.18. The van der Waals surface area contributed by atoms with Crippen LogP contribution in [0.3, 0.4) is 0 Å². The molecule has 0 atom stereocenters. The quantitative estimate of drug-likeness (QED) is 0.818. The van der Waals surface area contributed by atoms with Gasteiger partial charge in [0.2, 0.25) is 10.0 Å². The molecule has 0 saturated carbocycles. The highest BCUT2D eigenvalue weighted by atomic mass is 32.2. The lowest BCUT2D eigenvalue weighted by Gasteiger charge is -2.13. The summed E-state index contributed by atoms with van der Waals surface area (Å²) in [5.74, 6) is -0.563. The van der Waals surface area contributed by atoms with E-state index in [2.05, 4.69) is 4.74 Å². The fourth-order valence-electron chi connectivity index (χ4n) is 1.79. The molecule has 0 bridgehead atoms. The molecule has 0 unspecified atom stereocenters. The lowest BCUT2D eigenvalue weighted by molar-refractivity contribution is 0.0599. The number of hydrogen-bond acceptors (Lipinski definition) is 4. The highest BCUT2D eigenvalue weighted by molar-refractivity contribution is 7.89. The molecule has 0 radical (unpaired) electrons. The second-order valence-corrected chi connectivity index (χ2v) is 5.13. The number of rotatable bonds is 3. The first-order valence-corrected chi connectivity index (χ1v) is 6.61. The van der Waals surface area contributed by atoms with Crippen LogP contribution in [-0.2, 0) is 21.2 Å².